The number of benzene rings is 1. The average molecular weight is 489 g/mol. The zero-order chi connectivity index (χ0) is 26.9. The molecule has 2 N–H and O–H groups in total. The first-order chi connectivity index (χ1) is 17.0. The number of likely N-dealkylation sites (tertiary alicyclic amines) is 1. The Hall–Kier alpha value is -3.01. The molecule has 4 heteroatoms. The first-order valence-corrected chi connectivity index (χ1v) is 13.2. The Bertz CT molecular complexity index is 1010. The van der Waals surface area contributed by atoms with Crippen molar-refractivity contribution >= 4 is 11.8 Å². The summed E-state index contributed by atoms with van der Waals surface area (Å²) in [5, 5.41) is 7.09. The van der Waals surface area contributed by atoms with Crippen LogP contribution in [0.1, 0.15) is 77.5 Å². The Kier molecular flexibility index (Phi) is 10.8. The van der Waals surface area contributed by atoms with Crippen LogP contribution in [0.25, 0.3) is 5.57 Å². The molecule has 1 aromatic carbocycles. The average Bonchev–Trinajstić information content (AvgIpc) is 3.33. The van der Waals surface area contributed by atoms with Gasteiger partial charge < -0.3 is 15.5 Å². The van der Waals surface area contributed by atoms with Gasteiger partial charge in [0, 0.05) is 36.4 Å². The maximum atomic E-state index is 4.50. The van der Waals surface area contributed by atoms with Crippen molar-refractivity contribution in [3.05, 3.63) is 90.6 Å². The molecule has 1 aromatic rings. The smallest absolute Gasteiger partial charge is 0.0698 e. The van der Waals surface area contributed by atoms with Crippen LogP contribution in [0, 0.1) is 5.41 Å². The third-order valence-corrected chi connectivity index (χ3v) is 7.14. The largest absolute Gasteiger partial charge is 0.383 e. The summed E-state index contributed by atoms with van der Waals surface area (Å²) in [6.45, 7) is 31.4. The summed E-state index contributed by atoms with van der Waals surface area (Å²) in [6, 6.07) is 7.13. The first kappa shape index (κ1) is 29.2. The number of rotatable bonds is 13. The van der Waals surface area contributed by atoms with Gasteiger partial charge >= 0.3 is 0 Å². The van der Waals surface area contributed by atoms with Crippen molar-refractivity contribution < 1.29 is 0 Å². The van der Waals surface area contributed by atoms with Crippen LogP contribution in [0.15, 0.2) is 78.9 Å². The van der Waals surface area contributed by atoms with Crippen molar-refractivity contribution in [1.29, 1.82) is 0 Å². The first-order valence-electron chi connectivity index (χ1n) is 13.2. The van der Waals surface area contributed by atoms with Crippen LogP contribution >= 0.6 is 0 Å². The summed E-state index contributed by atoms with van der Waals surface area (Å²) in [4.78, 5) is 6.90. The second-order valence-corrected chi connectivity index (χ2v) is 10.8. The van der Waals surface area contributed by atoms with E-state index in [0.717, 1.165) is 55.9 Å². The van der Waals surface area contributed by atoms with Crippen LogP contribution in [-0.4, -0.2) is 29.7 Å². The van der Waals surface area contributed by atoms with E-state index in [4.69, 9.17) is 0 Å². The van der Waals surface area contributed by atoms with Crippen molar-refractivity contribution in [2.75, 3.05) is 6.54 Å². The lowest BCUT2D eigenvalue weighted by Crippen LogP contribution is -2.46. The van der Waals surface area contributed by atoms with Crippen molar-refractivity contribution in [3.8, 4) is 0 Å². The van der Waals surface area contributed by atoms with Gasteiger partial charge in [-0.2, -0.15) is 0 Å². The predicted molar refractivity (Wildman–Crippen MR) is 159 cm³/mol. The Balaban J connectivity index is 2.20. The minimum atomic E-state index is 0.0301. The highest BCUT2D eigenvalue weighted by atomic mass is 15.2. The topological polar surface area (TPSA) is 39.7 Å². The molecule has 0 radical (unpaired) electrons. The van der Waals surface area contributed by atoms with Crippen molar-refractivity contribution in [2.45, 2.75) is 85.9 Å². The highest BCUT2D eigenvalue weighted by Gasteiger charge is 2.35. The summed E-state index contributed by atoms with van der Waals surface area (Å²) in [5.74, 6) is 0. The predicted octanol–water partition coefficient (Wildman–Crippen LogP) is 7.38. The van der Waals surface area contributed by atoms with E-state index < -0.39 is 0 Å². The van der Waals surface area contributed by atoms with Gasteiger partial charge in [0.1, 0.15) is 0 Å². The maximum absolute atomic E-state index is 4.50. The van der Waals surface area contributed by atoms with Gasteiger partial charge in [-0.15, -0.1) is 6.58 Å². The van der Waals surface area contributed by atoms with Crippen LogP contribution in [0.3, 0.4) is 0 Å². The van der Waals surface area contributed by atoms with Crippen LogP contribution in [-0.2, 0) is 13.0 Å². The summed E-state index contributed by atoms with van der Waals surface area (Å²) in [7, 11) is 0. The van der Waals surface area contributed by atoms with E-state index in [1.54, 1.807) is 6.20 Å². The second-order valence-electron chi connectivity index (χ2n) is 10.8. The van der Waals surface area contributed by atoms with Gasteiger partial charge in [0.15, 0.2) is 0 Å². The number of nitrogens with zero attached hydrogens (tertiary/aromatic N) is 2. The molecule has 0 spiro atoms. The van der Waals surface area contributed by atoms with Gasteiger partial charge in [-0.3, -0.25) is 4.99 Å². The molecule has 2 rings (SSSR count). The molecule has 1 aliphatic heterocycles. The Morgan fingerprint density at radius 3 is 2.53 bits per heavy atom. The molecule has 1 saturated heterocycles. The summed E-state index contributed by atoms with van der Waals surface area (Å²) in [5.41, 5.74) is 8.32. The maximum Gasteiger partial charge on any atom is 0.0698 e. The van der Waals surface area contributed by atoms with Gasteiger partial charge in [0.25, 0.3) is 0 Å². The van der Waals surface area contributed by atoms with Crippen molar-refractivity contribution in [3.63, 3.8) is 0 Å². The van der Waals surface area contributed by atoms with Crippen LogP contribution in [0.5, 0.6) is 0 Å². The lowest BCUT2D eigenvalue weighted by molar-refractivity contribution is 0.241. The molecule has 0 aliphatic carbocycles. The lowest BCUT2D eigenvalue weighted by Gasteiger charge is -2.40. The SMILES string of the molecule is C=CCCc1cc(/C(C)=C(\C)N=CC)ccc1CNC(=C)C1CCCN1C(=C)C(NC=C)C(C)(C)C. The van der Waals surface area contributed by atoms with Crippen LogP contribution < -0.4 is 10.6 Å². The number of allylic oxidation sites excluding steroid dienone is 3. The van der Waals surface area contributed by atoms with Crippen LogP contribution in [0.4, 0.5) is 0 Å². The van der Waals surface area contributed by atoms with E-state index in [2.05, 4.69) is 99.7 Å². The quantitative estimate of drug-likeness (QED) is 0.225. The molecule has 36 heavy (non-hydrogen) atoms. The summed E-state index contributed by atoms with van der Waals surface area (Å²) < 4.78 is 0. The minimum Gasteiger partial charge on any atom is -0.383 e. The van der Waals surface area contributed by atoms with Crippen molar-refractivity contribution in [2.24, 2.45) is 10.4 Å². The van der Waals surface area contributed by atoms with E-state index in [9.17, 15) is 0 Å². The minimum absolute atomic E-state index is 0.0301. The van der Waals surface area contributed by atoms with E-state index >= 15 is 0 Å². The third kappa shape index (κ3) is 7.49. The molecule has 0 saturated carbocycles. The fourth-order valence-corrected chi connectivity index (χ4v) is 4.95. The fourth-order valence-electron chi connectivity index (χ4n) is 4.95. The van der Waals surface area contributed by atoms with Crippen molar-refractivity contribution in [1.82, 2.24) is 15.5 Å². The molecule has 1 fully saturated rings. The lowest BCUT2D eigenvalue weighted by atomic mass is 9.84. The number of nitrogens with one attached hydrogen (secondary N) is 2. The number of hydrogen-bond acceptors (Lipinski definition) is 4. The third-order valence-electron chi connectivity index (χ3n) is 7.14. The Morgan fingerprint density at radius 1 is 1.19 bits per heavy atom. The molecule has 2 atom stereocenters. The zero-order valence-corrected chi connectivity index (χ0v) is 23.6. The molecule has 2 unspecified atom stereocenters. The van der Waals surface area contributed by atoms with Gasteiger partial charge in [-0.1, -0.05) is 64.8 Å². The summed E-state index contributed by atoms with van der Waals surface area (Å²) >= 11 is 0. The molecule has 0 amide bonds. The van der Waals surface area contributed by atoms with E-state index in [0.29, 0.717) is 0 Å². The summed E-state index contributed by atoms with van der Waals surface area (Å²) in [6.07, 6.45) is 9.76. The molecular weight excluding hydrogens is 440 g/mol. The van der Waals surface area contributed by atoms with E-state index in [1.165, 1.54) is 22.3 Å². The molecule has 0 bridgehead atoms. The van der Waals surface area contributed by atoms with Gasteiger partial charge in [-0.25, -0.2) is 0 Å². The molecular formula is C32H48N4. The molecule has 196 valence electrons. The molecule has 1 aliphatic rings. The van der Waals surface area contributed by atoms with Gasteiger partial charge in [-0.05, 0) is 80.3 Å². The van der Waals surface area contributed by atoms with E-state index in [-0.39, 0.29) is 17.5 Å². The Labute approximate surface area is 220 Å². The Morgan fingerprint density at radius 2 is 1.92 bits per heavy atom. The second kappa shape index (κ2) is 13.3. The highest BCUT2D eigenvalue weighted by molar-refractivity contribution is 5.69. The van der Waals surface area contributed by atoms with Crippen LogP contribution in [0.2, 0.25) is 0 Å². The standard InChI is InChI=1S/C32H48N4/c1-11-14-16-28-21-27(23(4)24(5)33-12-2)18-19-29(28)22-35-25(6)30-17-15-20-36(30)26(7)31(34-13-3)32(8,9)10/h11-13,18-19,21,30-31,34-35H,1,3,6-7,14-17,20,22H2,2,4-5,8-10H3/b24-23+,33-12?. The van der Waals surface area contributed by atoms with Gasteiger partial charge in [0.2, 0.25) is 0 Å². The monoisotopic (exact) mass is 488 g/mol. The van der Waals surface area contributed by atoms with Gasteiger partial charge in [0.05, 0.1) is 12.1 Å². The normalized spacial score (nSPS) is 17.5. The fraction of sp³-hybridized carbons (Fsp3) is 0.469. The molecule has 0 aromatic heterocycles. The number of hydrogen-bond donors (Lipinski definition) is 2. The number of aryl methyl sites for hydroxylation is 1. The number of aliphatic imine (C=N–C) groups is 1. The molecule has 4 nitrogen and oxygen atoms in total. The zero-order valence-electron chi connectivity index (χ0n) is 23.6. The highest BCUT2D eigenvalue weighted by Crippen LogP contribution is 2.33. The van der Waals surface area contributed by atoms with E-state index in [1.807, 2.05) is 19.2 Å². The molecule has 1 heterocycles.